The molecule has 1 N–H and O–H groups in total. The molecule has 3 heterocycles. The molecule has 2 saturated heterocycles. The van der Waals surface area contributed by atoms with E-state index in [4.69, 9.17) is 33.3 Å². The van der Waals surface area contributed by atoms with Crippen molar-refractivity contribution in [3.63, 3.8) is 0 Å². The molecule has 2 fully saturated rings. The number of thiocarbonyl (C=S) groups is 1. The van der Waals surface area contributed by atoms with Crippen LogP contribution in [0.1, 0.15) is 10.4 Å². The topological polar surface area (TPSA) is 87.2 Å². The van der Waals surface area contributed by atoms with E-state index in [1.165, 1.54) is 24.3 Å². The van der Waals surface area contributed by atoms with Crippen LogP contribution in [0, 0.1) is 5.82 Å². The van der Waals surface area contributed by atoms with E-state index in [2.05, 4.69) is 10.3 Å². The average molecular weight is 508 g/mol. The van der Waals surface area contributed by atoms with Crippen LogP contribution < -0.4 is 15.1 Å². The summed E-state index contributed by atoms with van der Waals surface area (Å²) in [6, 6.07) is 7.86. The van der Waals surface area contributed by atoms with Gasteiger partial charge in [-0.05, 0) is 42.5 Å². The van der Waals surface area contributed by atoms with Gasteiger partial charge in [-0.2, -0.15) is 0 Å². The predicted octanol–water partition coefficient (Wildman–Crippen LogP) is 2.68. The first kappa shape index (κ1) is 24.0. The van der Waals surface area contributed by atoms with Crippen LogP contribution in [0.3, 0.4) is 0 Å². The van der Waals surface area contributed by atoms with Crippen molar-refractivity contribution in [2.24, 2.45) is 0 Å². The first-order chi connectivity index (χ1) is 16.4. The zero-order valence-electron chi connectivity index (χ0n) is 18.4. The quantitative estimate of drug-likeness (QED) is 0.488. The number of amides is 2. The molecule has 12 heteroatoms. The van der Waals surface area contributed by atoms with Crippen LogP contribution in [0.5, 0.6) is 0 Å². The summed E-state index contributed by atoms with van der Waals surface area (Å²) in [6.45, 7) is 2.39. The highest BCUT2D eigenvalue weighted by Gasteiger charge is 2.33. The van der Waals surface area contributed by atoms with E-state index in [-0.39, 0.29) is 17.6 Å². The summed E-state index contributed by atoms with van der Waals surface area (Å²) in [5.74, 6) is -0.586. The zero-order chi connectivity index (χ0) is 24.2. The number of rotatable bonds is 5. The van der Waals surface area contributed by atoms with Crippen LogP contribution in [-0.4, -0.2) is 79.5 Å². The second kappa shape index (κ2) is 10.4. The number of nitrogens with one attached hydrogen (secondary N) is 1. The molecular formula is C22H23ClFN5O4S. The molecule has 9 nitrogen and oxygen atoms in total. The summed E-state index contributed by atoms with van der Waals surface area (Å²) in [6.07, 6.45) is 0.460. The Morgan fingerprint density at radius 2 is 2.06 bits per heavy atom. The SMILES string of the molecule is COC(=S)NC[C@H]1CN(c2ccc(N3CCN(C(=O)c4ccc(Cl)nc4)CC3)c(F)c2)C(=O)O1. The molecule has 2 aliphatic heterocycles. The lowest BCUT2D eigenvalue weighted by Gasteiger charge is -2.36. The van der Waals surface area contributed by atoms with E-state index in [1.807, 2.05) is 4.90 Å². The molecular weight excluding hydrogens is 485 g/mol. The third-order valence-corrected chi connectivity index (χ3v) is 6.19. The monoisotopic (exact) mass is 507 g/mol. The normalized spacial score (nSPS) is 18.0. The number of halogens is 2. The molecule has 2 aliphatic rings. The minimum absolute atomic E-state index is 0.137. The van der Waals surface area contributed by atoms with Crippen molar-refractivity contribution in [3.8, 4) is 0 Å². The Morgan fingerprint density at radius 1 is 1.29 bits per heavy atom. The summed E-state index contributed by atoms with van der Waals surface area (Å²) < 4.78 is 25.2. The van der Waals surface area contributed by atoms with Gasteiger partial charge in [-0.15, -0.1) is 0 Å². The Labute approximate surface area is 206 Å². The molecule has 2 amide bonds. The van der Waals surface area contributed by atoms with Gasteiger partial charge in [-0.25, -0.2) is 14.2 Å². The maximum atomic E-state index is 15.0. The van der Waals surface area contributed by atoms with Gasteiger partial charge in [0.2, 0.25) is 0 Å². The number of carbonyl (C=O) groups excluding carboxylic acids is 2. The highest BCUT2D eigenvalue weighted by atomic mass is 35.5. The van der Waals surface area contributed by atoms with Crippen molar-refractivity contribution in [1.29, 1.82) is 0 Å². The number of benzene rings is 1. The van der Waals surface area contributed by atoms with Crippen LogP contribution in [-0.2, 0) is 9.47 Å². The van der Waals surface area contributed by atoms with Crippen molar-refractivity contribution in [1.82, 2.24) is 15.2 Å². The predicted molar refractivity (Wildman–Crippen MR) is 129 cm³/mol. The minimum Gasteiger partial charge on any atom is -0.474 e. The molecule has 0 bridgehead atoms. The van der Waals surface area contributed by atoms with E-state index in [0.29, 0.717) is 54.8 Å². The van der Waals surface area contributed by atoms with E-state index in [1.54, 1.807) is 29.2 Å². The first-order valence-electron chi connectivity index (χ1n) is 10.6. The van der Waals surface area contributed by atoms with Crippen LogP contribution in [0.4, 0.5) is 20.6 Å². The summed E-state index contributed by atoms with van der Waals surface area (Å²) in [5, 5.41) is 3.37. The van der Waals surface area contributed by atoms with E-state index in [0.717, 1.165) is 0 Å². The molecule has 4 rings (SSSR count). The summed E-state index contributed by atoms with van der Waals surface area (Å²) in [7, 11) is 1.45. The van der Waals surface area contributed by atoms with Crippen molar-refractivity contribution in [2.45, 2.75) is 6.10 Å². The van der Waals surface area contributed by atoms with Crippen LogP contribution in [0.25, 0.3) is 0 Å². The van der Waals surface area contributed by atoms with E-state index >= 15 is 4.39 Å². The lowest BCUT2D eigenvalue weighted by atomic mass is 10.2. The first-order valence-corrected chi connectivity index (χ1v) is 11.4. The van der Waals surface area contributed by atoms with Gasteiger partial charge in [0.25, 0.3) is 11.1 Å². The van der Waals surface area contributed by atoms with Gasteiger partial charge in [0.15, 0.2) is 0 Å². The Bertz CT molecular complexity index is 1080. The number of hydrogen-bond acceptors (Lipinski definition) is 7. The van der Waals surface area contributed by atoms with E-state index < -0.39 is 18.0 Å². The maximum absolute atomic E-state index is 15.0. The number of nitrogens with zero attached hydrogens (tertiary/aromatic N) is 4. The summed E-state index contributed by atoms with van der Waals surface area (Å²) >= 11 is 10.7. The van der Waals surface area contributed by atoms with Gasteiger partial charge >= 0.3 is 6.09 Å². The van der Waals surface area contributed by atoms with Crippen molar-refractivity contribution in [2.75, 3.05) is 56.2 Å². The van der Waals surface area contributed by atoms with Gasteiger partial charge in [-0.3, -0.25) is 9.69 Å². The third-order valence-electron chi connectivity index (χ3n) is 5.66. The Balaban J connectivity index is 1.35. The number of carbonyl (C=O) groups is 2. The second-order valence-corrected chi connectivity index (χ2v) is 8.53. The molecule has 1 aromatic heterocycles. The number of cyclic esters (lactones) is 1. The number of anilines is 2. The average Bonchev–Trinajstić information content (AvgIpc) is 3.23. The largest absolute Gasteiger partial charge is 0.474 e. The Hall–Kier alpha value is -3.18. The molecule has 0 unspecified atom stereocenters. The van der Waals surface area contributed by atoms with Gasteiger partial charge in [0, 0.05) is 32.4 Å². The minimum atomic E-state index is -0.550. The second-order valence-electron chi connectivity index (χ2n) is 7.77. The number of methoxy groups -OCH3 is 1. The molecule has 34 heavy (non-hydrogen) atoms. The molecule has 0 saturated carbocycles. The molecule has 180 valence electrons. The highest BCUT2D eigenvalue weighted by Crippen LogP contribution is 2.28. The van der Waals surface area contributed by atoms with Crippen molar-refractivity contribution in [3.05, 3.63) is 53.1 Å². The lowest BCUT2D eigenvalue weighted by molar-refractivity contribution is 0.0746. The molecule has 1 aromatic carbocycles. The van der Waals surface area contributed by atoms with Crippen molar-refractivity contribution >= 4 is 52.4 Å². The fourth-order valence-electron chi connectivity index (χ4n) is 3.86. The third kappa shape index (κ3) is 5.31. The number of hydrogen-bond donors (Lipinski definition) is 1. The highest BCUT2D eigenvalue weighted by molar-refractivity contribution is 7.80. The van der Waals surface area contributed by atoms with Gasteiger partial charge in [0.05, 0.1) is 37.1 Å². The maximum Gasteiger partial charge on any atom is 0.414 e. The number of aromatic nitrogens is 1. The fraction of sp³-hybridized carbons (Fsp3) is 0.364. The zero-order valence-corrected chi connectivity index (χ0v) is 19.9. The Morgan fingerprint density at radius 3 is 2.71 bits per heavy atom. The standard InChI is InChI=1S/C22H23ClFN5O4S/c1-32-21(34)26-12-16-13-29(22(31)33-16)15-3-4-18(17(24)10-15)27-6-8-28(9-7-27)20(30)14-2-5-19(23)25-11-14/h2-5,10-11,16H,6-9,12-13H2,1H3,(H,26,34)/t16-/m0/s1. The smallest absolute Gasteiger partial charge is 0.414 e. The molecule has 0 radical (unpaired) electrons. The van der Waals surface area contributed by atoms with Crippen molar-refractivity contribution < 1.29 is 23.5 Å². The number of piperazine rings is 1. The van der Waals surface area contributed by atoms with Gasteiger partial charge in [0.1, 0.15) is 17.1 Å². The van der Waals surface area contributed by atoms with Crippen LogP contribution in [0.2, 0.25) is 5.15 Å². The number of pyridine rings is 1. The van der Waals surface area contributed by atoms with E-state index in [9.17, 15) is 9.59 Å². The van der Waals surface area contributed by atoms with Gasteiger partial charge in [-0.1, -0.05) is 11.6 Å². The van der Waals surface area contributed by atoms with Gasteiger partial charge < -0.3 is 24.6 Å². The number of ether oxygens (including phenoxy) is 2. The summed E-state index contributed by atoms with van der Waals surface area (Å²) in [4.78, 5) is 33.8. The molecule has 0 spiro atoms. The molecule has 2 aromatic rings. The fourth-order valence-corrected chi connectivity index (χ4v) is 4.06. The summed E-state index contributed by atoms with van der Waals surface area (Å²) in [5.41, 5.74) is 1.29. The molecule has 1 atom stereocenters. The molecule has 0 aliphatic carbocycles. The lowest BCUT2D eigenvalue weighted by Crippen LogP contribution is -2.49. The van der Waals surface area contributed by atoms with Crippen LogP contribution in [0.15, 0.2) is 36.5 Å². The van der Waals surface area contributed by atoms with Crippen LogP contribution >= 0.6 is 23.8 Å². The Kier molecular flexibility index (Phi) is 7.32.